The molecule has 10 heteroatoms. The largest absolute Gasteiger partial charge is 0.478 e. The molecule has 0 aliphatic carbocycles. The second-order valence-electron chi connectivity index (χ2n) is 8.02. The maximum absolute atomic E-state index is 13.7. The second kappa shape index (κ2) is 10.6. The molecule has 2 atom stereocenters. The zero-order valence-corrected chi connectivity index (χ0v) is 19.7. The Morgan fingerprint density at radius 1 is 0.853 bits per heavy atom. The number of fused-ring (bicyclic) bond motifs is 1. The van der Waals surface area contributed by atoms with Gasteiger partial charge in [0.1, 0.15) is 6.04 Å². The molecule has 0 bridgehead atoms. The molecule has 3 N–H and O–H groups in total. The van der Waals surface area contributed by atoms with Gasteiger partial charge in [0.25, 0.3) is 11.8 Å². The van der Waals surface area contributed by atoms with Gasteiger partial charge in [-0.15, -0.1) is 0 Å². The van der Waals surface area contributed by atoms with E-state index in [1.807, 2.05) is 12.1 Å². The van der Waals surface area contributed by atoms with Gasteiger partial charge in [0.05, 0.1) is 4.90 Å². The van der Waals surface area contributed by atoms with Crippen LogP contribution in [0.3, 0.4) is 0 Å². The first-order valence-corrected chi connectivity index (χ1v) is 12.1. The second-order valence-corrected chi connectivity index (χ2v) is 9.73. The molecule has 0 radical (unpaired) electrons. The number of sulfonamides is 1. The van der Waals surface area contributed by atoms with Gasteiger partial charge in [0, 0.05) is 0 Å². The Morgan fingerprint density at radius 3 is 2.15 bits per heavy atom. The number of amides is 2. The first kappa shape index (κ1) is 25.1. The van der Waals surface area contributed by atoms with Crippen LogP contribution in [0.5, 0.6) is 5.75 Å². The van der Waals surface area contributed by atoms with Crippen molar-refractivity contribution in [1.29, 1.82) is 0 Å². The van der Waals surface area contributed by atoms with E-state index >= 15 is 0 Å². The van der Waals surface area contributed by atoms with Crippen LogP contribution in [0.2, 0.25) is 0 Å². The molecule has 8 nitrogen and oxygen atoms in total. The Kier molecular flexibility index (Phi) is 7.85. The number of benzene rings is 3. The number of hydrogen-bond acceptors (Lipinski definition) is 5. The fourth-order valence-corrected chi connectivity index (χ4v) is 4.53. The van der Waals surface area contributed by atoms with E-state index in [9.17, 15) is 22.4 Å². The molecular weight excluding hydrogens is 461 g/mol. The Hall–Kier alpha value is -3.50. The van der Waals surface area contributed by atoms with Crippen LogP contribution >= 0.6 is 0 Å². The van der Waals surface area contributed by atoms with E-state index in [0.29, 0.717) is 0 Å². The minimum Gasteiger partial charge on any atom is -0.478 e. The number of carbonyl (C=O) groups excluding carboxylic acids is 2. The topological polar surface area (TPSA) is 114 Å². The van der Waals surface area contributed by atoms with Crippen LogP contribution in [0, 0.1) is 11.7 Å². The SMILES string of the molecule is CC(C)[C@H](NS(=O)(=O)c1ccc2ccccc2c1)C(=O)NNC(=O)[C@@H](C)Oc1ccccc1F. The number of halogens is 1. The molecule has 34 heavy (non-hydrogen) atoms. The molecule has 3 rings (SSSR count). The number of ether oxygens (including phenoxy) is 1. The summed E-state index contributed by atoms with van der Waals surface area (Å²) in [5, 5.41) is 1.63. The van der Waals surface area contributed by atoms with Gasteiger partial charge >= 0.3 is 0 Å². The van der Waals surface area contributed by atoms with E-state index in [1.54, 1.807) is 38.1 Å². The molecule has 0 spiro atoms. The van der Waals surface area contributed by atoms with Gasteiger partial charge in [-0.1, -0.05) is 56.3 Å². The van der Waals surface area contributed by atoms with Crippen LogP contribution in [0.25, 0.3) is 10.8 Å². The number of nitrogens with one attached hydrogen (secondary N) is 3. The first-order chi connectivity index (χ1) is 16.1. The van der Waals surface area contributed by atoms with E-state index in [1.165, 1.54) is 37.3 Å². The summed E-state index contributed by atoms with van der Waals surface area (Å²) >= 11 is 0. The maximum atomic E-state index is 13.7. The number of carbonyl (C=O) groups is 2. The number of rotatable bonds is 8. The number of para-hydroxylation sites is 1. The van der Waals surface area contributed by atoms with Crippen molar-refractivity contribution in [2.45, 2.75) is 37.8 Å². The molecule has 3 aromatic rings. The molecule has 0 aliphatic heterocycles. The fourth-order valence-electron chi connectivity index (χ4n) is 3.15. The standard InChI is InChI=1S/C24H26FN3O5S/c1-15(2)22(28-34(31,32)19-13-12-17-8-4-5-9-18(17)14-19)24(30)27-26-23(29)16(3)33-21-11-7-6-10-20(21)25/h4-16,22,28H,1-3H3,(H,26,29)(H,27,30)/t16-,22+/m1/s1. The zero-order chi connectivity index (χ0) is 24.9. The van der Waals surface area contributed by atoms with Crippen molar-refractivity contribution in [2.24, 2.45) is 5.92 Å². The molecule has 0 saturated heterocycles. The average Bonchev–Trinajstić information content (AvgIpc) is 2.81. The molecule has 0 fully saturated rings. The Balaban J connectivity index is 1.65. The van der Waals surface area contributed by atoms with Crippen molar-refractivity contribution in [1.82, 2.24) is 15.6 Å². The molecule has 0 unspecified atom stereocenters. The molecule has 3 aromatic carbocycles. The lowest BCUT2D eigenvalue weighted by Gasteiger charge is -2.22. The smallest absolute Gasteiger partial charge is 0.279 e. The molecule has 2 amide bonds. The summed E-state index contributed by atoms with van der Waals surface area (Å²) in [4.78, 5) is 25.0. The maximum Gasteiger partial charge on any atom is 0.279 e. The Morgan fingerprint density at radius 2 is 1.47 bits per heavy atom. The lowest BCUT2D eigenvalue weighted by atomic mass is 10.1. The van der Waals surface area contributed by atoms with Gasteiger partial charge < -0.3 is 4.74 Å². The van der Waals surface area contributed by atoms with Crippen LogP contribution in [-0.4, -0.2) is 32.4 Å². The zero-order valence-electron chi connectivity index (χ0n) is 18.9. The summed E-state index contributed by atoms with van der Waals surface area (Å²) in [5.74, 6) is -2.67. The van der Waals surface area contributed by atoms with Gasteiger partial charge in [-0.05, 0) is 47.9 Å². The first-order valence-electron chi connectivity index (χ1n) is 10.6. The Bertz CT molecular complexity index is 1300. The van der Waals surface area contributed by atoms with Crippen molar-refractivity contribution in [2.75, 3.05) is 0 Å². The van der Waals surface area contributed by atoms with Crippen LogP contribution in [0.4, 0.5) is 4.39 Å². The highest BCUT2D eigenvalue weighted by Crippen LogP contribution is 2.20. The van der Waals surface area contributed by atoms with Crippen molar-refractivity contribution in [3.8, 4) is 5.75 Å². The van der Waals surface area contributed by atoms with Crippen molar-refractivity contribution < 1.29 is 27.1 Å². The van der Waals surface area contributed by atoms with Crippen LogP contribution in [-0.2, 0) is 19.6 Å². The van der Waals surface area contributed by atoms with Gasteiger partial charge in [0.2, 0.25) is 10.0 Å². The predicted molar refractivity (Wildman–Crippen MR) is 126 cm³/mol. The fraction of sp³-hybridized carbons (Fsp3) is 0.250. The summed E-state index contributed by atoms with van der Waals surface area (Å²) < 4.78 is 47.3. The summed E-state index contributed by atoms with van der Waals surface area (Å²) in [6.45, 7) is 4.72. The molecule has 0 aliphatic rings. The predicted octanol–water partition coefficient (Wildman–Crippen LogP) is 2.90. The molecule has 0 heterocycles. The van der Waals surface area contributed by atoms with Crippen molar-refractivity contribution >= 4 is 32.6 Å². The number of hydrazine groups is 1. The van der Waals surface area contributed by atoms with E-state index < -0.39 is 45.7 Å². The third-order valence-electron chi connectivity index (χ3n) is 5.08. The van der Waals surface area contributed by atoms with Crippen LogP contribution in [0.15, 0.2) is 71.6 Å². The highest BCUT2D eigenvalue weighted by atomic mass is 32.2. The quantitative estimate of drug-likeness (QED) is 0.423. The third-order valence-corrected chi connectivity index (χ3v) is 6.52. The van der Waals surface area contributed by atoms with Gasteiger partial charge in [-0.3, -0.25) is 20.4 Å². The lowest BCUT2D eigenvalue weighted by Crippen LogP contribution is -2.55. The highest BCUT2D eigenvalue weighted by Gasteiger charge is 2.29. The summed E-state index contributed by atoms with van der Waals surface area (Å²) in [6, 6.07) is 16.4. The minimum atomic E-state index is -4.03. The Labute approximate surface area is 197 Å². The summed E-state index contributed by atoms with van der Waals surface area (Å²) in [6.07, 6.45) is -1.12. The minimum absolute atomic E-state index is 0.0144. The normalized spacial score (nSPS) is 13.3. The average molecular weight is 488 g/mol. The molecule has 180 valence electrons. The van der Waals surface area contributed by atoms with E-state index in [2.05, 4.69) is 15.6 Å². The van der Waals surface area contributed by atoms with E-state index in [-0.39, 0.29) is 10.6 Å². The summed E-state index contributed by atoms with van der Waals surface area (Å²) in [5.41, 5.74) is 4.40. The monoisotopic (exact) mass is 487 g/mol. The lowest BCUT2D eigenvalue weighted by molar-refractivity contribution is -0.133. The van der Waals surface area contributed by atoms with E-state index in [0.717, 1.165) is 10.8 Å². The number of hydrogen-bond donors (Lipinski definition) is 3. The highest BCUT2D eigenvalue weighted by molar-refractivity contribution is 7.89. The van der Waals surface area contributed by atoms with Crippen LogP contribution in [0.1, 0.15) is 20.8 Å². The molecule has 0 saturated carbocycles. The van der Waals surface area contributed by atoms with Gasteiger partial charge in [0.15, 0.2) is 17.7 Å². The summed E-state index contributed by atoms with van der Waals surface area (Å²) in [7, 11) is -4.03. The van der Waals surface area contributed by atoms with Crippen molar-refractivity contribution in [3.63, 3.8) is 0 Å². The van der Waals surface area contributed by atoms with E-state index in [4.69, 9.17) is 4.74 Å². The van der Waals surface area contributed by atoms with Gasteiger partial charge in [-0.25, -0.2) is 12.8 Å². The van der Waals surface area contributed by atoms with Gasteiger partial charge in [-0.2, -0.15) is 4.72 Å². The third kappa shape index (κ3) is 6.09. The molecule has 0 aromatic heterocycles. The van der Waals surface area contributed by atoms with Crippen molar-refractivity contribution in [3.05, 3.63) is 72.5 Å². The molecular formula is C24H26FN3O5S. The van der Waals surface area contributed by atoms with Crippen LogP contribution < -0.4 is 20.3 Å².